The van der Waals surface area contributed by atoms with Gasteiger partial charge in [-0.05, 0) is 23.8 Å². The van der Waals surface area contributed by atoms with Gasteiger partial charge >= 0.3 is 5.97 Å². The van der Waals surface area contributed by atoms with Crippen molar-refractivity contribution in [2.45, 2.75) is 11.8 Å². The van der Waals surface area contributed by atoms with Crippen molar-refractivity contribution in [2.24, 2.45) is 0 Å². The van der Waals surface area contributed by atoms with Crippen molar-refractivity contribution in [1.82, 2.24) is 0 Å². The van der Waals surface area contributed by atoms with Crippen LogP contribution in [0.25, 0.3) is 10.8 Å². The molecule has 2 aromatic rings. The third-order valence-corrected chi connectivity index (χ3v) is 3.45. The van der Waals surface area contributed by atoms with Crippen molar-refractivity contribution in [1.29, 1.82) is 0 Å². The molecule has 0 bridgehead atoms. The number of ether oxygens (including phenoxy) is 1. The number of esters is 1. The van der Waals surface area contributed by atoms with Gasteiger partial charge in [-0.25, -0.2) is 0 Å². The molecule has 0 saturated heterocycles. The van der Waals surface area contributed by atoms with Crippen molar-refractivity contribution >= 4 is 28.5 Å². The lowest BCUT2D eigenvalue weighted by atomic mass is 10.1. The van der Waals surface area contributed by atoms with E-state index in [4.69, 9.17) is 4.74 Å². The minimum atomic E-state index is -0.162. The standard InChI is InChI=1S/C14H14O2S/c1-2-16-14(15)10-17-13-9-5-7-11-6-3-4-8-12(11)13/h3-9H,2,10H2,1H3. The van der Waals surface area contributed by atoms with Crippen LogP contribution in [0, 0.1) is 0 Å². The Morgan fingerprint density at radius 3 is 2.76 bits per heavy atom. The van der Waals surface area contributed by atoms with Gasteiger partial charge in [0, 0.05) is 4.90 Å². The topological polar surface area (TPSA) is 26.3 Å². The second-order valence-electron chi connectivity index (χ2n) is 3.57. The maximum Gasteiger partial charge on any atom is 0.316 e. The highest BCUT2D eigenvalue weighted by Gasteiger charge is 2.05. The first-order valence-corrected chi connectivity index (χ1v) is 6.56. The normalized spacial score (nSPS) is 10.4. The first kappa shape index (κ1) is 12.0. The summed E-state index contributed by atoms with van der Waals surface area (Å²) >= 11 is 1.52. The minimum Gasteiger partial charge on any atom is -0.465 e. The summed E-state index contributed by atoms with van der Waals surface area (Å²) in [6.07, 6.45) is 0. The third-order valence-electron chi connectivity index (χ3n) is 2.40. The second kappa shape index (κ2) is 5.73. The fraction of sp³-hybridized carbons (Fsp3) is 0.214. The van der Waals surface area contributed by atoms with Crippen LogP contribution in [0.5, 0.6) is 0 Å². The number of rotatable bonds is 4. The van der Waals surface area contributed by atoms with E-state index in [1.165, 1.54) is 22.5 Å². The first-order chi connectivity index (χ1) is 8.31. The molecule has 0 aliphatic rings. The van der Waals surface area contributed by atoms with Gasteiger partial charge in [-0.2, -0.15) is 0 Å². The number of thioether (sulfide) groups is 1. The molecule has 88 valence electrons. The summed E-state index contributed by atoms with van der Waals surface area (Å²) in [5, 5.41) is 2.38. The Balaban J connectivity index is 2.16. The Morgan fingerprint density at radius 2 is 1.94 bits per heavy atom. The lowest BCUT2D eigenvalue weighted by molar-refractivity contribution is -0.139. The number of hydrogen-bond acceptors (Lipinski definition) is 3. The molecular formula is C14H14O2S. The quantitative estimate of drug-likeness (QED) is 0.610. The molecule has 17 heavy (non-hydrogen) atoms. The molecule has 0 aromatic heterocycles. The van der Waals surface area contributed by atoms with Crippen LogP contribution >= 0.6 is 11.8 Å². The number of carbonyl (C=O) groups is 1. The van der Waals surface area contributed by atoms with Crippen LogP contribution in [-0.4, -0.2) is 18.3 Å². The summed E-state index contributed by atoms with van der Waals surface area (Å²) in [5.41, 5.74) is 0. The summed E-state index contributed by atoms with van der Waals surface area (Å²) in [4.78, 5) is 12.4. The van der Waals surface area contributed by atoms with Crippen LogP contribution in [0.4, 0.5) is 0 Å². The van der Waals surface area contributed by atoms with Gasteiger partial charge in [0.15, 0.2) is 0 Å². The molecule has 3 heteroatoms. The Kier molecular flexibility index (Phi) is 4.04. The molecule has 0 atom stereocenters. The highest BCUT2D eigenvalue weighted by atomic mass is 32.2. The first-order valence-electron chi connectivity index (χ1n) is 5.57. The average Bonchev–Trinajstić information content (AvgIpc) is 2.36. The molecule has 0 fully saturated rings. The van der Waals surface area contributed by atoms with Gasteiger partial charge in [0.05, 0.1) is 12.4 Å². The molecule has 2 aromatic carbocycles. The van der Waals surface area contributed by atoms with E-state index in [9.17, 15) is 4.79 Å². The second-order valence-corrected chi connectivity index (χ2v) is 4.59. The SMILES string of the molecule is CCOC(=O)CSc1cccc2ccccc12. The van der Waals surface area contributed by atoms with Crippen molar-refractivity contribution in [3.8, 4) is 0 Å². The van der Waals surface area contributed by atoms with E-state index in [-0.39, 0.29) is 5.97 Å². The van der Waals surface area contributed by atoms with Gasteiger partial charge < -0.3 is 4.74 Å². The summed E-state index contributed by atoms with van der Waals surface area (Å²) in [6, 6.07) is 14.3. The van der Waals surface area contributed by atoms with E-state index in [0.717, 1.165) is 4.90 Å². The largest absolute Gasteiger partial charge is 0.465 e. The fourth-order valence-corrected chi connectivity index (χ4v) is 2.53. The van der Waals surface area contributed by atoms with Gasteiger partial charge in [-0.15, -0.1) is 11.8 Å². The lowest BCUT2D eigenvalue weighted by Crippen LogP contribution is -2.06. The molecular weight excluding hydrogens is 232 g/mol. The zero-order chi connectivity index (χ0) is 12.1. The lowest BCUT2D eigenvalue weighted by Gasteiger charge is -2.05. The van der Waals surface area contributed by atoms with Crippen molar-refractivity contribution in [3.63, 3.8) is 0 Å². The van der Waals surface area contributed by atoms with Gasteiger partial charge in [-0.1, -0.05) is 36.4 Å². The van der Waals surface area contributed by atoms with Gasteiger partial charge in [-0.3, -0.25) is 4.79 Å². The smallest absolute Gasteiger partial charge is 0.316 e. The Morgan fingerprint density at radius 1 is 1.18 bits per heavy atom. The zero-order valence-corrected chi connectivity index (χ0v) is 10.5. The monoisotopic (exact) mass is 246 g/mol. The Hall–Kier alpha value is -1.48. The fourth-order valence-electron chi connectivity index (χ4n) is 1.66. The van der Waals surface area contributed by atoms with Crippen molar-refractivity contribution in [3.05, 3.63) is 42.5 Å². The molecule has 0 radical (unpaired) electrons. The molecule has 0 amide bonds. The summed E-state index contributed by atoms with van der Waals surface area (Å²) in [7, 11) is 0. The maximum absolute atomic E-state index is 11.3. The van der Waals surface area contributed by atoms with Crippen LogP contribution < -0.4 is 0 Å². The number of carbonyl (C=O) groups excluding carboxylic acids is 1. The molecule has 0 aliphatic heterocycles. The van der Waals surface area contributed by atoms with Crippen LogP contribution in [-0.2, 0) is 9.53 Å². The van der Waals surface area contributed by atoms with Crippen LogP contribution in [0.3, 0.4) is 0 Å². The van der Waals surface area contributed by atoms with E-state index in [2.05, 4.69) is 18.2 Å². The van der Waals surface area contributed by atoms with Crippen molar-refractivity contribution in [2.75, 3.05) is 12.4 Å². The summed E-state index contributed by atoms with van der Waals surface area (Å²) < 4.78 is 4.92. The van der Waals surface area contributed by atoms with Crippen LogP contribution in [0.1, 0.15) is 6.92 Å². The molecule has 0 aliphatic carbocycles. The van der Waals surface area contributed by atoms with E-state index in [1.54, 1.807) is 0 Å². The van der Waals surface area contributed by atoms with Crippen LogP contribution in [0.2, 0.25) is 0 Å². The Bertz CT molecular complexity index is 517. The zero-order valence-electron chi connectivity index (χ0n) is 9.68. The molecule has 0 spiro atoms. The van der Waals surface area contributed by atoms with Gasteiger partial charge in [0.25, 0.3) is 0 Å². The highest BCUT2D eigenvalue weighted by molar-refractivity contribution is 8.00. The highest BCUT2D eigenvalue weighted by Crippen LogP contribution is 2.27. The number of benzene rings is 2. The van der Waals surface area contributed by atoms with Crippen LogP contribution in [0.15, 0.2) is 47.4 Å². The van der Waals surface area contributed by atoms with Gasteiger partial charge in [0.1, 0.15) is 0 Å². The predicted octanol–water partition coefficient (Wildman–Crippen LogP) is 3.50. The average molecular weight is 246 g/mol. The summed E-state index contributed by atoms with van der Waals surface area (Å²) in [6.45, 7) is 2.26. The third kappa shape index (κ3) is 3.01. The molecule has 0 unspecified atom stereocenters. The molecule has 2 nitrogen and oxygen atoms in total. The number of hydrogen-bond donors (Lipinski definition) is 0. The minimum absolute atomic E-state index is 0.162. The van der Waals surface area contributed by atoms with E-state index in [0.29, 0.717) is 12.4 Å². The maximum atomic E-state index is 11.3. The molecule has 0 saturated carbocycles. The predicted molar refractivity (Wildman–Crippen MR) is 71.3 cm³/mol. The van der Waals surface area contributed by atoms with E-state index < -0.39 is 0 Å². The molecule has 2 rings (SSSR count). The van der Waals surface area contributed by atoms with Gasteiger partial charge in [0.2, 0.25) is 0 Å². The van der Waals surface area contributed by atoms with E-state index >= 15 is 0 Å². The molecule has 0 heterocycles. The van der Waals surface area contributed by atoms with E-state index in [1.807, 2.05) is 31.2 Å². The molecule has 0 N–H and O–H groups in total. The van der Waals surface area contributed by atoms with Crippen molar-refractivity contribution < 1.29 is 9.53 Å². The Labute approximate surface area is 105 Å². The summed E-state index contributed by atoms with van der Waals surface area (Å²) in [5.74, 6) is 0.201. The number of fused-ring (bicyclic) bond motifs is 1.